The Hall–Kier alpha value is -1.38. The van der Waals surface area contributed by atoms with Crippen molar-refractivity contribution >= 4 is 5.97 Å². The molecule has 3 heteroatoms. The molecule has 4 aliphatic carbocycles. The maximum Gasteiger partial charge on any atom is 0.317 e. The van der Waals surface area contributed by atoms with E-state index in [0.29, 0.717) is 11.7 Å². The second kappa shape index (κ2) is 4.82. The molecule has 21 heavy (non-hydrogen) atoms. The normalized spacial score (nSPS) is 40.2. The first-order valence-corrected chi connectivity index (χ1v) is 8.33. The topological polar surface area (TPSA) is 39.2 Å². The van der Waals surface area contributed by atoms with Gasteiger partial charge >= 0.3 is 5.97 Å². The summed E-state index contributed by atoms with van der Waals surface area (Å²) in [5, 5.41) is 0. The van der Waals surface area contributed by atoms with Gasteiger partial charge in [-0.15, -0.1) is 0 Å². The number of carbonyl (C=O) groups is 1. The summed E-state index contributed by atoms with van der Waals surface area (Å²) < 4.78 is 5.75. The highest BCUT2D eigenvalue weighted by Crippen LogP contribution is 2.64. The zero-order valence-electron chi connectivity index (χ0n) is 12.6. The molecule has 1 aromatic rings. The van der Waals surface area contributed by atoms with Crippen molar-refractivity contribution in [1.82, 2.24) is 4.98 Å². The van der Waals surface area contributed by atoms with Crippen molar-refractivity contribution < 1.29 is 9.53 Å². The van der Waals surface area contributed by atoms with Gasteiger partial charge < -0.3 is 4.74 Å². The molecule has 4 saturated carbocycles. The second-order valence-electron chi connectivity index (χ2n) is 7.35. The van der Waals surface area contributed by atoms with Crippen LogP contribution >= 0.6 is 0 Å². The lowest BCUT2D eigenvalue weighted by Gasteiger charge is -2.59. The molecule has 4 aliphatic rings. The van der Waals surface area contributed by atoms with Crippen LogP contribution in [0, 0.1) is 29.1 Å². The van der Waals surface area contributed by atoms with Gasteiger partial charge in [-0.1, -0.05) is 13.3 Å². The van der Waals surface area contributed by atoms with Crippen molar-refractivity contribution in [1.29, 1.82) is 0 Å². The van der Waals surface area contributed by atoms with Gasteiger partial charge in [0.15, 0.2) is 0 Å². The number of esters is 1. The predicted octanol–water partition coefficient (Wildman–Crippen LogP) is 3.84. The minimum absolute atomic E-state index is 0.0275. The molecule has 0 aliphatic heterocycles. The summed E-state index contributed by atoms with van der Waals surface area (Å²) in [5.41, 5.74) is -0.202. The summed E-state index contributed by atoms with van der Waals surface area (Å²) in [6.45, 7) is 2.24. The number of hydrogen-bond acceptors (Lipinski definition) is 3. The van der Waals surface area contributed by atoms with Crippen molar-refractivity contribution in [2.24, 2.45) is 29.1 Å². The maximum absolute atomic E-state index is 13.0. The third kappa shape index (κ3) is 2.01. The Balaban J connectivity index is 1.63. The monoisotopic (exact) mass is 285 g/mol. The van der Waals surface area contributed by atoms with E-state index in [1.54, 1.807) is 24.5 Å². The molecule has 1 aromatic heterocycles. The third-order valence-corrected chi connectivity index (χ3v) is 6.23. The summed E-state index contributed by atoms with van der Waals surface area (Å²) in [4.78, 5) is 17.0. The van der Waals surface area contributed by atoms with Crippen molar-refractivity contribution in [2.45, 2.75) is 45.4 Å². The minimum Gasteiger partial charge on any atom is -0.426 e. The third-order valence-electron chi connectivity index (χ3n) is 6.23. The van der Waals surface area contributed by atoms with Crippen molar-refractivity contribution in [3.8, 4) is 5.75 Å². The molecule has 0 aromatic carbocycles. The average molecular weight is 285 g/mol. The first-order chi connectivity index (χ1) is 10.2. The van der Waals surface area contributed by atoms with Gasteiger partial charge in [-0.2, -0.15) is 0 Å². The van der Waals surface area contributed by atoms with E-state index in [9.17, 15) is 4.79 Å². The van der Waals surface area contributed by atoms with Crippen molar-refractivity contribution in [3.63, 3.8) is 0 Å². The smallest absolute Gasteiger partial charge is 0.317 e. The van der Waals surface area contributed by atoms with Gasteiger partial charge in [0.05, 0.1) is 5.41 Å². The highest BCUT2D eigenvalue weighted by Gasteiger charge is 2.60. The highest BCUT2D eigenvalue weighted by atomic mass is 16.5. The minimum atomic E-state index is -0.202. The Morgan fingerprint density at radius 2 is 1.90 bits per heavy atom. The fraction of sp³-hybridized carbons (Fsp3) is 0.667. The molecule has 4 fully saturated rings. The number of carbonyl (C=O) groups excluding carboxylic acids is 1. The van der Waals surface area contributed by atoms with E-state index >= 15 is 0 Å². The fourth-order valence-corrected chi connectivity index (χ4v) is 5.80. The summed E-state index contributed by atoms with van der Waals surface area (Å²) in [6.07, 6.45) is 10.6. The first kappa shape index (κ1) is 13.3. The average Bonchev–Trinajstić information content (AvgIpc) is 2.47. The number of pyridine rings is 1. The lowest BCUT2D eigenvalue weighted by atomic mass is 9.44. The lowest BCUT2D eigenvalue weighted by Crippen LogP contribution is -2.57. The summed E-state index contributed by atoms with van der Waals surface area (Å²) >= 11 is 0. The molecule has 2 unspecified atom stereocenters. The molecule has 3 nitrogen and oxygen atoms in total. The Morgan fingerprint density at radius 1 is 1.24 bits per heavy atom. The molecule has 0 amide bonds. The lowest BCUT2D eigenvalue weighted by molar-refractivity contribution is -0.174. The number of aromatic nitrogens is 1. The molecule has 0 radical (unpaired) electrons. The summed E-state index contributed by atoms with van der Waals surface area (Å²) in [6, 6.07) is 3.55. The first-order valence-electron chi connectivity index (χ1n) is 8.33. The van der Waals surface area contributed by atoms with E-state index < -0.39 is 0 Å². The summed E-state index contributed by atoms with van der Waals surface area (Å²) in [7, 11) is 0. The van der Waals surface area contributed by atoms with Gasteiger partial charge in [0.2, 0.25) is 0 Å². The van der Waals surface area contributed by atoms with Gasteiger partial charge in [-0.3, -0.25) is 9.78 Å². The van der Waals surface area contributed by atoms with Crippen LogP contribution in [0.25, 0.3) is 0 Å². The van der Waals surface area contributed by atoms with Gasteiger partial charge in [-0.05, 0) is 67.9 Å². The van der Waals surface area contributed by atoms with Crippen LogP contribution in [0.4, 0.5) is 0 Å². The number of hydrogen-bond donors (Lipinski definition) is 0. The second-order valence-corrected chi connectivity index (χ2v) is 7.35. The zero-order valence-corrected chi connectivity index (χ0v) is 12.6. The molecule has 1 heterocycles. The van der Waals surface area contributed by atoms with Crippen LogP contribution in [-0.2, 0) is 4.79 Å². The fourth-order valence-electron chi connectivity index (χ4n) is 5.80. The molecule has 112 valence electrons. The van der Waals surface area contributed by atoms with E-state index in [1.165, 1.54) is 19.3 Å². The maximum atomic E-state index is 13.0. The van der Waals surface area contributed by atoms with Gasteiger partial charge in [-0.25, -0.2) is 0 Å². The molecule has 0 saturated heterocycles. The molecule has 0 N–H and O–H groups in total. The van der Waals surface area contributed by atoms with Gasteiger partial charge in [0.1, 0.15) is 5.75 Å². The number of nitrogens with zero attached hydrogens (tertiary/aromatic N) is 1. The number of rotatable bonds is 3. The van der Waals surface area contributed by atoms with Crippen LogP contribution in [0.1, 0.15) is 45.4 Å². The Labute approximate surface area is 126 Å². The Bertz CT molecular complexity index is 527. The van der Waals surface area contributed by atoms with Gasteiger partial charge in [0, 0.05) is 12.4 Å². The van der Waals surface area contributed by atoms with E-state index in [2.05, 4.69) is 11.9 Å². The van der Waals surface area contributed by atoms with Crippen LogP contribution in [-0.4, -0.2) is 11.0 Å². The van der Waals surface area contributed by atoms with Crippen LogP contribution in [0.2, 0.25) is 0 Å². The Morgan fingerprint density at radius 3 is 2.52 bits per heavy atom. The van der Waals surface area contributed by atoms with Gasteiger partial charge in [0.25, 0.3) is 0 Å². The molecule has 3 atom stereocenters. The highest BCUT2D eigenvalue weighted by molar-refractivity contribution is 5.80. The molecule has 5 rings (SSSR count). The van der Waals surface area contributed by atoms with Crippen LogP contribution in [0.3, 0.4) is 0 Å². The molecule has 0 spiro atoms. The van der Waals surface area contributed by atoms with E-state index in [0.717, 1.165) is 37.0 Å². The zero-order chi connectivity index (χ0) is 14.4. The number of ether oxygens (including phenoxy) is 1. The van der Waals surface area contributed by atoms with Crippen LogP contribution in [0.5, 0.6) is 5.75 Å². The predicted molar refractivity (Wildman–Crippen MR) is 79.6 cm³/mol. The molecular formula is C18H23NO2. The van der Waals surface area contributed by atoms with E-state index in [4.69, 9.17) is 4.74 Å². The molecular weight excluding hydrogens is 262 g/mol. The SMILES string of the molecule is CC[C@@H]1C2CC3CC(C2)CC1(C(=O)Oc1ccncc1)C3. The Kier molecular flexibility index (Phi) is 3.05. The van der Waals surface area contributed by atoms with E-state index in [-0.39, 0.29) is 11.4 Å². The van der Waals surface area contributed by atoms with Crippen LogP contribution in [0.15, 0.2) is 24.5 Å². The summed E-state index contributed by atoms with van der Waals surface area (Å²) in [5.74, 6) is 3.47. The largest absolute Gasteiger partial charge is 0.426 e. The van der Waals surface area contributed by atoms with Crippen molar-refractivity contribution in [3.05, 3.63) is 24.5 Å². The molecule has 4 bridgehead atoms. The van der Waals surface area contributed by atoms with Crippen molar-refractivity contribution in [2.75, 3.05) is 0 Å². The quantitative estimate of drug-likeness (QED) is 0.792. The standard InChI is InChI=1S/C18H23NO2/c1-2-16-14-8-12-7-13(9-14)11-18(16,10-12)17(20)21-15-3-5-19-6-4-15/h3-6,12-14,16H,2,7-11H2,1H3/t12?,13?,14?,16-,18?/m1/s1. The van der Waals surface area contributed by atoms with Crippen LogP contribution < -0.4 is 4.74 Å². The van der Waals surface area contributed by atoms with E-state index in [1.807, 2.05) is 0 Å².